The van der Waals surface area contributed by atoms with Crippen LogP contribution in [0.5, 0.6) is 0 Å². The number of rotatable bonds is 3. The third-order valence-electron chi connectivity index (χ3n) is 3.78. The zero-order valence-corrected chi connectivity index (χ0v) is 12.9. The number of H-pyrrole nitrogens is 1. The highest BCUT2D eigenvalue weighted by Crippen LogP contribution is 2.17. The predicted molar refractivity (Wildman–Crippen MR) is 85.6 cm³/mol. The van der Waals surface area contributed by atoms with Crippen LogP contribution < -0.4 is 10.7 Å². The smallest absolute Gasteiger partial charge is 0.288 e. The molecule has 22 heavy (non-hydrogen) atoms. The summed E-state index contributed by atoms with van der Waals surface area (Å²) in [6.07, 6.45) is 0.844. The summed E-state index contributed by atoms with van der Waals surface area (Å²) in [4.78, 5) is 20.0. The van der Waals surface area contributed by atoms with Gasteiger partial charge in [-0.05, 0) is 25.8 Å². The molecule has 0 fully saturated rings. The van der Waals surface area contributed by atoms with E-state index in [0.717, 1.165) is 12.2 Å². The molecule has 1 atom stereocenters. The van der Waals surface area contributed by atoms with E-state index in [0.29, 0.717) is 24.6 Å². The van der Waals surface area contributed by atoms with Crippen LogP contribution in [0.1, 0.15) is 28.8 Å². The van der Waals surface area contributed by atoms with E-state index in [9.17, 15) is 4.79 Å². The molecule has 0 aliphatic carbocycles. The fraction of sp³-hybridized carbons (Fsp3) is 0.375. The van der Waals surface area contributed by atoms with E-state index in [1.165, 1.54) is 5.56 Å². The molecule has 1 aromatic carbocycles. The second-order valence-corrected chi connectivity index (χ2v) is 5.49. The number of aromatic nitrogens is 2. The van der Waals surface area contributed by atoms with E-state index < -0.39 is 0 Å². The van der Waals surface area contributed by atoms with Crippen LogP contribution in [0.3, 0.4) is 0 Å². The van der Waals surface area contributed by atoms with Gasteiger partial charge in [0.1, 0.15) is 11.5 Å². The number of nitrogens with one attached hydrogen (secondary N) is 3. The molecule has 116 valence electrons. The van der Waals surface area contributed by atoms with Crippen molar-refractivity contribution in [2.45, 2.75) is 26.3 Å². The largest absolute Gasteiger partial charge is 0.366 e. The van der Waals surface area contributed by atoms with Gasteiger partial charge >= 0.3 is 0 Å². The maximum Gasteiger partial charge on any atom is 0.288 e. The number of fused-ring (bicyclic) bond motifs is 1. The average Bonchev–Trinajstić information content (AvgIpc) is 2.89. The molecule has 6 nitrogen and oxygen atoms in total. The van der Waals surface area contributed by atoms with Gasteiger partial charge in [0.15, 0.2) is 5.82 Å². The number of amides is 1. The van der Waals surface area contributed by atoms with Gasteiger partial charge in [0.25, 0.3) is 5.91 Å². The Labute approximate surface area is 129 Å². The topological polar surface area (TPSA) is 73.0 Å². The van der Waals surface area contributed by atoms with Gasteiger partial charge in [-0.2, -0.15) is 0 Å². The van der Waals surface area contributed by atoms with Gasteiger partial charge in [0.2, 0.25) is 0 Å². The molecule has 0 unspecified atom stereocenters. The standard InChI is InChI=1S/C16H21N5O/c1-3-21-16(22)14-15(19-11(2)18-14)17-10-13(20-21)9-12-7-5-4-6-8-12/h4-8,13,17,20H,3,9-10H2,1-2H3,(H,18,19)/t13-/m1/s1. The number of imidazole rings is 1. The van der Waals surface area contributed by atoms with Gasteiger partial charge in [-0.3, -0.25) is 9.80 Å². The lowest BCUT2D eigenvalue weighted by Gasteiger charge is -2.30. The number of carbonyl (C=O) groups excluding carboxylic acids is 1. The average molecular weight is 299 g/mol. The molecule has 3 N–H and O–H groups in total. The van der Waals surface area contributed by atoms with Crippen molar-refractivity contribution in [2.75, 3.05) is 18.4 Å². The van der Waals surface area contributed by atoms with Crippen LogP contribution in [0.4, 0.5) is 5.82 Å². The van der Waals surface area contributed by atoms with Crippen LogP contribution in [0.15, 0.2) is 30.3 Å². The van der Waals surface area contributed by atoms with Crippen molar-refractivity contribution in [3.63, 3.8) is 0 Å². The van der Waals surface area contributed by atoms with Crippen LogP contribution in [-0.2, 0) is 6.42 Å². The zero-order valence-electron chi connectivity index (χ0n) is 12.9. The molecule has 0 bridgehead atoms. The zero-order chi connectivity index (χ0) is 15.5. The van der Waals surface area contributed by atoms with Crippen LogP contribution in [-0.4, -0.2) is 40.0 Å². The molecule has 1 aromatic heterocycles. The first kappa shape index (κ1) is 14.6. The summed E-state index contributed by atoms with van der Waals surface area (Å²) in [5, 5.41) is 4.94. The summed E-state index contributed by atoms with van der Waals surface area (Å²) >= 11 is 0. The highest BCUT2D eigenvalue weighted by molar-refractivity contribution is 5.97. The van der Waals surface area contributed by atoms with E-state index in [2.05, 4.69) is 32.8 Å². The summed E-state index contributed by atoms with van der Waals surface area (Å²) in [6.45, 7) is 5.12. The SMILES string of the molecule is CCN1N[C@H](Cc2ccccc2)CNc2nc(C)[nH]c2C1=O. The second-order valence-electron chi connectivity index (χ2n) is 5.49. The Hall–Kier alpha value is -2.34. The van der Waals surface area contributed by atoms with Gasteiger partial charge in [-0.15, -0.1) is 0 Å². The molecule has 1 aliphatic rings. The quantitative estimate of drug-likeness (QED) is 0.807. The number of hydrogen-bond donors (Lipinski definition) is 3. The maximum absolute atomic E-state index is 12.6. The molecule has 2 heterocycles. The van der Waals surface area contributed by atoms with Gasteiger partial charge in [0, 0.05) is 19.1 Å². The summed E-state index contributed by atoms with van der Waals surface area (Å²) in [7, 11) is 0. The van der Waals surface area contributed by atoms with Crippen molar-refractivity contribution in [1.82, 2.24) is 20.4 Å². The van der Waals surface area contributed by atoms with E-state index in [-0.39, 0.29) is 11.9 Å². The van der Waals surface area contributed by atoms with E-state index in [4.69, 9.17) is 0 Å². The number of aryl methyl sites for hydroxylation is 1. The van der Waals surface area contributed by atoms with Crippen molar-refractivity contribution < 1.29 is 4.79 Å². The molecular formula is C16H21N5O. The number of hydrazine groups is 1. The highest BCUT2D eigenvalue weighted by Gasteiger charge is 2.26. The Kier molecular flexibility index (Phi) is 4.11. The minimum atomic E-state index is -0.0802. The van der Waals surface area contributed by atoms with Crippen LogP contribution in [0.2, 0.25) is 0 Å². The Balaban J connectivity index is 1.83. The van der Waals surface area contributed by atoms with Gasteiger partial charge in [0.05, 0.1) is 0 Å². The van der Waals surface area contributed by atoms with Crippen molar-refractivity contribution in [2.24, 2.45) is 0 Å². The molecule has 0 spiro atoms. The van der Waals surface area contributed by atoms with Gasteiger partial charge in [-0.1, -0.05) is 30.3 Å². The fourth-order valence-electron chi connectivity index (χ4n) is 2.71. The molecule has 1 amide bonds. The predicted octanol–water partition coefficient (Wildman–Crippen LogP) is 1.72. The fourth-order valence-corrected chi connectivity index (χ4v) is 2.71. The Bertz CT molecular complexity index is 652. The Morgan fingerprint density at radius 1 is 1.32 bits per heavy atom. The number of nitrogens with zero attached hydrogens (tertiary/aromatic N) is 2. The summed E-state index contributed by atoms with van der Waals surface area (Å²) in [6, 6.07) is 10.4. The van der Waals surface area contributed by atoms with Gasteiger partial charge < -0.3 is 10.3 Å². The van der Waals surface area contributed by atoms with Gasteiger partial charge in [-0.25, -0.2) is 10.4 Å². The van der Waals surface area contributed by atoms with Crippen molar-refractivity contribution >= 4 is 11.7 Å². The minimum absolute atomic E-state index is 0.0802. The second kappa shape index (κ2) is 6.19. The molecule has 0 saturated heterocycles. The molecular weight excluding hydrogens is 278 g/mol. The highest BCUT2D eigenvalue weighted by atomic mass is 16.2. The molecule has 0 radical (unpaired) electrons. The lowest BCUT2D eigenvalue weighted by Crippen LogP contribution is -2.52. The number of carbonyl (C=O) groups is 1. The lowest BCUT2D eigenvalue weighted by atomic mass is 10.1. The molecule has 2 aromatic rings. The third-order valence-corrected chi connectivity index (χ3v) is 3.78. The van der Waals surface area contributed by atoms with E-state index in [1.54, 1.807) is 5.01 Å². The monoisotopic (exact) mass is 299 g/mol. The van der Waals surface area contributed by atoms with Crippen LogP contribution in [0, 0.1) is 6.92 Å². The van der Waals surface area contributed by atoms with Crippen molar-refractivity contribution in [1.29, 1.82) is 0 Å². The molecule has 1 aliphatic heterocycles. The summed E-state index contributed by atoms with van der Waals surface area (Å²) in [5.74, 6) is 1.30. The third kappa shape index (κ3) is 2.96. The summed E-state index contributed by atoms with van der Waals surface area (Å²) < 4.78 is 0. The minimum Gasteiger partial charge on any atom is -0.366 e. The number of benzene rings is 1. The number of hydrogen-bond acceptors (Lipinski definition) is 4. The van der Waals surface area contributed by atoms with E-state index >= 15 is 0 Å². The van der Waals surface area contributed by atoms with Crippen molar-refractivity contribution in [3.8, 4) is 0 Å². The molecule has 0 saturated carbocycles. The Morgan fingerprint density at radius 2 is 2.09 bits per heavy atom. The first-order valence-electron chi connectivity index (χ1n) is 7.59. The number of aromatic amines is 1. The first-order valence-corrected chi connectivity index (χ1v) is 7.59. The van der Waals surface area contributed by atoms with Crippen molar-refractivity contribution in [3.05, 3.63) is 47.4 Å². The Morgan fingerprint density at radius 3 is 2.82 bits per heavy atom. The van der Waals surface area contributed by atoms with E-state index in [1.807, 2.05) is 32.0 Å². The maximum atomic E-state index is 12.6. The summed E-state index contributed by atoms with van der Waals surface area (Å²) in [5.41, 5.74) is 5.09. The normalized spacial score (nSPS) is 18.4. The molecule has 6 heteroatoms. The number of anilines is 1. The lowest BCUT2D eigenvalue weighted by molar-refractivity contribution is 0.0626. The van der Waals surface area contributed by atoms with Crippen LogP contribution in [0.25, 0.3) is 0 Å². The molecule has 3 rings (SSSR count). The van der Waals surface area contributed by atoms with Crippen LogP contribution >= 0.6 is 0 Å². The first-order chi connectivity index (χ1) is 10.7.